The summed E-state index contributed by atoms with van der Waals surface area (Å²) >= 11 is 5.89. The van der Waals surface area contributed by atoms with Crippen LogP contribution in [0.5, 0.6) is 0 Å². The molecule has 4 rings (SSSR count). The second-order valence-corrected chi connectivity index (χ2v) is 6.15. The van der Waals surface area contributed by atoms with E-state index in [4.69, 9.17) is 11.6 Å². The Balaban J connectivity index is 2.02. The SMILES string of the molecule is CC(O)(c1c(F)cc2ncccc2c1F)c1cnc2ccc(Cl)nn12. The zero-order valence-electron chi connectivity index (χ0n) is 12.9. The highest BCUT2D eigenvalue weighted by molar-refractivity contribution is 6.29. The minimum Gasteiger partial charge on any atom is -0.379 e. The van der Waals surface area contributed by atoms with Gasteiger partial charge in [-0.25, -0.2) is 18.3 Å². The van der Waals surface area contributed by atoms with Gasteiger partial charge in [0.25, 0.3) is 0 Å². The molecule has 25 heavy (non-hydrogen) atoms. The Morgan fingerprint density at radius 3 is 2.80 bits per heavy atom. The van der Waals surface area contributed by atoms with Crippen LogP contribution in [0, 0.1) is 11.6 Å². The van der Waals surface area contributed by atoms with E-state index in [1.807, 2.05) is 0 Å². The van der Waals surface area contributed by atoms with Gasteiger partial charge in [-0.3, -0.25) is 4.98 Å². The zero-order valence-corrected chi connectivity index (χ0v) is 13.7. The Morgan fingerprint density at radius 2 is 2.00 bits per heavy atom. The Morgan fingerprint density at radius 1 is 1.20 bits per heavy atom. The molecule has 0 spiro atoms. The maximum Gasteiger partial charge on any atom is 0.154 e. The summed E-state index contributed by atoms with van der Waals surface area (Å²) in [5.74, 6) is -1.80. The lowest BCUT2D eigenvalue weighted by Gasteiger charge is -2.24. The van der Waals surface area contributed by atoms with Gasteiger partial charge in [-0.15, -0.1) is 0 Å². The number of nitrogens with zero attached hydrogens (tertiary/aromatic N) is 4. The molecule has 0 saturated heterocycles. The summed E-state index contributed by atoms with van der Waals surface area (Å²) in [6, 6.07) is 7.22. The normalized spacial score (nSPS) is 14.1. The first-order valence-electron chi connectivity index (χ1n) is 7.36. The van der Waals surface area contributed by atoms with Crippen LogP contribution in [0.3, 0.4) is 0 Å². The van der Waals surface area contributed by atoms with E-state index in [0.717, 1.165) is 6.07 Å². The molecule has 0 aliphatic rings. The van der Waals surface area contributed by atoms with Crippen molar-refractivity contribution in [2.24, 2.45) is 0 Å². The summed E-state index contributed by atoms with van der Waals surface area (Å²) < 4.78 is 30.9. The molecule has 0 aliphatic heterocycles. The maximum atomic E-state index is 15.0. The largest absolute Gasteiger partial charge is 0.379 e. The smallest absolute Gasteiger partial charge is 0.154 e. The third-order valence-electron chi connectivity index (χ3n) is 4.11. The average molecular weight is 361 g/mol. The summed E-state index contributed by atoms with van der Waals surface area (Å²) in [5, 5.41) is 15.3. The minimum atomic E-state index is -2.03. The molecule has 3 heterocycles. The van der Waals surface area contributed by atoms with E-state index in [2.05, 4.69) is 15.1 Å². The van der Waals surface area contributed by atoms with Crippen LogP contribution >= 0.6 is 11.6 Å². The molecule has 1 atom stereocenters. The lowest BCUT2D eigenvalue weighted by atomic mass is 9.90. The van der Waals surface area contributed by atoms with Gasteiger partial charge in [0.05, 0.1) is 23.0 Å². The Hall–Kier alpha value is -2.64. The van der Waals surface area contributed by atoms with Crippen LogP contribution in [0.1, 0.15) is 18.2 Å². The fraction of sp³-hybridized carbons (Fsp3) is 0.118. The summed E-state index contributed by atoms with van der Waals surface area (Å²) in [5.41, 5.74) is -1.89. The van der Waals surface area contributed by atoms with Crippen molar-refractivity contribution >= 4 is 28.2 Å². The van der Waals surface area contributed by atoms with E-state index in [1.165, 1.54) is 42.0 Å². The van der Waals surface area contributed by atoms with Crippen molar-refractivity contribution in [2.45, 2.75) is 12.5 Å². The number of fused-ring (bicyclic) bond motifs is 2. The molecule has 1 aromatic carbocycles. The van der Waals surface area contributed by atoms with Crippen LogP contribution in [0.15, 0.2) is 42.7 Å². The number of benzene rings is 1. The number of pyridine rings is 1. The van der Waals surface area contributed by atoms with Crippen LogP contribution in [-0.4, -0.2) is 24.7 Å². The Labute approximate surface area is 145 Å². The van der Waals surface area contributed by atoms with Crippen molar-refractivity contribution in [3.8, 4) is 0 Å². The second kappa shape index (κ2) is 5.44. The van der Waals surface area contributed by atoms with E-state index in [0.29, 0.717) is 5.65 Å². The third-order valence-corrected chi connectivity index (χ3v) is 4.31. The fourth-order valence-electron chi connectivity index (χ4n) is 2.91. The van der Waals surface area contributed by atoms with Gasteiger partial charge >= 0.3 is 0 Å². The third kappa shape index (κ3) is 2.35. The molecular weight excluding hydrogens is 350 g/mol. The molecule has 8 heteroatoms. The molecule has 5 nitrogen and oxygen atoms in total. The topological polar surface area (TPSA) is 63.3 Å². The van der Waals surface area contributed by atoms with Crippen molar-refractivity contribution in [1.82, 2.24) is 19.6 Å². The minimum absolute atomic E-state index is 0.0889. The Kier molecular flexibility index (Phi) is 3.45. The fourth-order valence-corrected chi connectivity index (χ4v) is 3.05. The molecule has 0 fully saturated rings. The first-order chi connectivity index (χ1) is 11.9. The van der Waals surface area contributed by atoms with Gasteiger partial charge in [-0.05, 0) is 31.2 Å². The number of aromatic nitrogens is 4. The molecule has 0 radical (unpaired) electrons. The molecule has 0 aliphatic carbocycles. The highest BCUT2D eigenvalue weighted by Crippen LogP contribution is 2.35. The van der Waals surface area contributed by atoms with Crippen LogP contribution in [-0.2, 0) is 5.60 Å². The molecule has 0 amide bonds. The molecule has 0 saturated carbocycles. The number of rotatable bonds is 2. The van der Waals surface area contributed by atoms with E-state index < -0.39 is 22.8 Å². The quantitative estimate of drug-likeness (QED) is 0.594. The van der Waals surface area contributed by atoms with Crippen molar-refractivity contribution in [1.29, 1.82) is 0 Å². The summed E-state index contributed by atoms with van der Waals surface area (Å²) in [6.45, 7) is 1.28. The molecule has 1 N–H and O–H groups in total. The summed E-state index contributed by atoms with van der Waals surface area (Å²) in [6.07, 6.45) is 2.75. The van der Waals surface area contributed by atoms with E-state index in [-0.39, 0.29) is 21.7 Å². The second-order valence-electron chi connectivity index (χ2n) is 5.76. The van der Waals surface area contributed by atoms with E-state index in [9.17, 15) is 13.9 Å². The van der Waals surface area contributed by atoms with Crippen LogP contribution in [0.4, 0.5) is 8.78 Å². The lowest BCUT2D eigenvalue weighted by Crippen LogP contribution is -2.28. The zero-order chi connectivity index (χ0) is 17.8. The number of hydrogen-bond acceptors (Lipinski definition) is 4. The van der Waals surface area contributed by atoms with Crippen molar-refractivity contribution in [3.05, 3.63) is 70.8 Å². The van der Waals surface area contributed by atoms with Crippen molar-refractivity contribution < 1.29 is 13.9 Å². The van der Waals surface area contributed by atoms with Gasteiger partial charge in [-0.2, -0.15) is 5.10 Å². The van der Waals surface area contributed by atoms with Gasteiger partial charge in [-0.1, -0.05) is 11.6 Å². The van der Waals surface area contributed by atoms with Crippen LogP contribution in [0.2, 0.25) is 5.15 Å². The van der Waals surface area contributed by atoms with Gasteiger partial charge in [0.2, 0.25) is 0 Å². The summed E-state index contributed by atoms with van der Waals surface area (Å²) in [4.78, 5) is 8.04. The summed E-state index contributed by atoms with van der Waals surface area (Å²) in [7, 11) is 0. The maximum absolute atomic E-state index is 15.0. The van der Waals surface area contributed by atoms with Crippen LogP contribution < -0.4 is 0 Å². The standard InChI is InChI=1S/C17H11ClF2N4O/c1-17(25,12-8-22-14-5-4-13(18)23-24(12)14)15-10(19)7-11-9(16(15)20)3-2-6-21-11/h2-8,25H,1H3. The average Bonchev–Trinajstić information content (AvgIpc) is 2.98. The highest BCUT2D eigenvalue weighted by Gasteiger charge is 2.36. The molecule has 126 valence electrons. The predicted molar refractivity (Wildman–Crippen MR) is 88.3 cm³/mol. The monoisotopic (exact) mass is 360 g/mol. The molecule has 3 aromatic heterocycles. The number of halogens is 3. The number of aliphatic hydroxyl groups is 1. The molecule has 0 bridgehead atoms. The Bertz CT molecular complexity index is 1130. The first kappa shape index (κ1) is 15.9. The van der Waals surface area contributed by atoms with Crippen molar-refractivity contribution in [2.75, 3.05) is 0 Å². The van der Waals surface area contributed by atoms with Gasteiger partial charge in [0.1, 0.15) is 22.4 Å². The number of hydrogen-bond donors (Lipinski definition) is 1. The molecule has 1 unspecified atom stereocenters. The number of imidazole rings is 1. The highest BCUT2D eigenvalue weighted by atomic mass is 35.5. The van der Waals surface area contributed by atoms with Crippen molar-refractivity contribution in [3.63, 3.8) is 0 Å². The van der Waals surface area contributed by atoms with Crippen LogP contribution in [0.25, 0.3) is 16.6 Å². The van der Waals surface area contributed by atoms with Gasteiger partial charge in [0.15, 0.2) is 5.65 Å². The van der Waals surface area contributed by atoms with Gasteiger partial charge < -0.3 is 5.11 Å². The molecule has 4 aromatic rings. The molecular formula is C17H11ClF2N4O. The van der Waals surface area contributed by atoms with E-state index >= 15 is 0 Å². The predicted octanol–water partition coefficient (Wildman–Crippen LogP) is 3.46. The lowest BCUT2D eigenvalue weighted by molar-refractivity contribution is 0.0871. The van der Waals surface area contributed by atoms with Gasteiger partial charge in [0, 0.05) is 17.6 Å². The van der Waals surface area contributed by atoms with E-state index in [1.54, 1.807) is 6.07 Å². The first-order valence-corrected chi connectivity index (χ1v) is 7.74.